The van der Waals surface area contributed by atoms with Crippen LogP contribution in [-0.2, 0) is 0 Å². The third-order valence-electron chi connectivity index (χ3n) is 4.45. The van der Waals surface area contributed by atoms with Gasteiger partial charge in [-0.15, -0.1) is 0 Å². The fourth-order valence-electron chi connectivity index (χ4n) is 3.19. The molecule has 0 saturated carbocycles. The van der Waals surface area contributed by atoms with Gasteiger partial charge in [-0.1, -0.05) is 79.4 Å². The fraction of sp³-hybridized carbons (Fsp3) is 0.0909. The lowest BCUT2D eigenvalue weighted by Crippen LogP contribution is -1.86. The number of hydrogen-bond acceptors (Lipinski definition) is 0. The van der Waals surface area contributed by atoms with Crippen molar-refractivity contribution in [3.8, 4) is 11.1 Å². The van der Waals surface area contributed by atoms with Crippen molar-refractivity contribution < 1.29 is 0 Å². The highest BCUT2D eigenvalue weighted by atomic mass is 79.9. The van der Waals surface area contributed by atoms with Gasteiger partial charge in [0.25, 0.3) is 0 Å². The maximum Gasteiger partial charge on any atom is 0.0260 e. The van der Waals surface area contributed by atoms with E-state index in [0.29, 0.717) is 0 Å². The Morgan fingerprint density at radius 3 is 1.33 bits per heavy atom. The minimum atomic E-state index is 1.12. The van der Waals surface area contributed by atoms with Crippen LogP contribution in [0.5, 0.6) is 0 Å². The van der Waals surface area contributed by atoms with Crippen LogP contribution in [0.3, 0.4) is 0 Å². The van der Waals surface area contributed by atoms with Crippen molar-refractivity contribution in [2.24, 2.45) is 0 Å². The Bertz CT molecular complexity index is 1000. The summed E-state index contributed by atoms with van der Waals surface area (Å²) in [5.74, 6) is 0. The summed E-state index contributed by atoms with van der Waals surface area (Å²) in [6, 6.07) is 22.1. The molecule has 0 N–H and O–H groups in total. The first kappa shape index (κ1) is 15.9. The maximum absolute atomic E-state index is 3.77. The predicted octanol–water partition coefficient (Wildman–Crippen LogP) is 7.80. The Balaban J connectivity index is 1.98. The highest BCUT2D eigenvalue weighted by Crippen LogP contribution is 2.38. The third kappa shape index (κ3) is 2.78. The van der Waals surface area contributed by atoms with Gasteiger partial charge in [-0.2, -0.15) is 0 Å². The Morgan fingerprint density at radius 1 is 0.500 bits per heavy atom. The van der Waals surface area contributed by atoms with Crippen LogP contribution < -0.4 is 0 Å². The zero-order valence-electron chi connectivity index (χ0n) is 13.5. The lowest BCUT2D eigenvalue weighted by atomic mass is 9.97. The number of halogens is 2. The van der Waals surface area contributed by atoms with Gasteiger partial charge < -0.3 is 0 Å². The molecule has 0 atom stereocenters. The van der Waals surface area contributed by atoms with E-state index in [2.05, 4.69) is 106 Å². The monoisotopic (exact) mass is 438 g/mol. The summed E-state index contributed by atoms with van der Waals surface area (Å²) in [5, 5.41) is 5.04. The van der Waals surface area contributed by atoms with Crippen molar-refractivity contribution >= 4 is 53.4 Å². The molecule has 0 heterocycles. The van der Waals surface area contributed by atoms with E-state index in [-0.39, 0.29) is 0 Å². The van der Waals surface area contributed by atoms with Gasteiger partial charge in [0, 0.05) is 8.95 Å². The topological polar surface area (TPSA) is 0 Å². The summed E-state index contributed by atoms with van der Waals surface area (Å²) in [4.78, 5) is 0. The molecule has 24 heavy (non-hydrogen) atoms. The zero-order chi connectivity index (χ0) is 16.8. The second-order valence-electron chi connectivity index (χ2n) is 6.37. The molecule has 4 rings (SSSR count). The highest BCUT2D eigenvalue weighted by molar-refractivity contribution is 9.11. The third-order valence-corrected chi connectivity index (χ3v) is 5.77. The molecule has 0 fully saturated rings. The van der Waals surface area contributed by atoms with Crippen LogP contribution in [-0.4, -0.2) is 0 Å². The lowest BCUT2D eigenvalue weighted by Gasteiger charge is -2.12. The van der Waals surface area contributed by atoms with E-state index in [1.54, 1.807) is 0 Å². The van der Waals surface area contributed by atoms with Crippen LogP contribution in [0.1, 0.15) is 11.1 Å². The van der Waals surface area contributed by atoms with Crippen LogP contribution in [0.4, 0.5) is 0 Å². The van der Waals surface area contributed by atoms with E-state index in [9.17, 15) is 0 Å². The SMILES string of the molecule is Cc1ccc2cc(-c3cc4ccc(C)cc4cc3Br)c(Br)cc2c1. The average molecular weight is 440 g/mol. The van der Waals surface area contributed by atoms with Gasteiger partial charge in [0.2, 0.25) is 0 Å². The number of hydrogen-bond donors (Lipinski definition) is 0. The quantitative estimate of drug-likeness (QED) is 0.283. The molecule has 0 unspecified atom stereocenters. The molecule has 4 aromatic rings. The molecule has 0 aliphatic carbocycles. The molecular weight excluding hydrogens is 424 g/mol. The van der Waals surface area contributed by atoms with Crippen LogP contribution in [0, 0.1) is 13.8 Å². The summed E-state index contributed by atoms with van der Waals surface area (Å²) >= 11 is 7.54. The number of benzene rings is 4. The largest absolute Gasteiger partial charge is 0.0587 e. The molecular formula is C22H16Br2. The van der Waals surface area contributed by atoms with Gasteiger partial charge in [0.15, 0.2) is 0 Å². The Kier molecular flexibility index (Phi) is 3.98. The summed E-state index contributed by atoms with van der Waals surface area (Å²) in [6.07, 6.45) is 0. The first-order valence-corrected chi connectivity index (χ1v) is 9.50. The summed E-state index contributed by atoms with van der Waals surface area (Å²) in [6.45, 7) is 4.26. The van der Waals surface area contributed by atoms with E-state index in [0.717, 1.165) is 8.95 Å². The van der Waals surface area contributed by atoms with Crippen LogP contribution >= 0.6 is 31.9 Å². The van der Waals surface area contributed by atoms with Gasteiger partial charge in [-0.3, -0.25) is 0 Å². The van der Waals surface area contributed by atoms with Crippen LogP contribution in [0.2, 0.25) is 0 Å². The van der Waals surface area contributed by atoms with E-state index < -0.39 is 0 Å². The first-order valence-electron chi connectivity index (χ1n) is 7.91. The van der Waals surface area contributed by atoms with Gasteiger partial charge >= 0.3 is 0 Å². The minimum Gasteiger partial charge on any atom is -0.0587 e. The Hall–Kier alpha value is -1.64. The van der Waals surface area contributed by atoms with Crippen molar-refractivity contribution in [1.29, 1.82) is 0 Å². The fourth-order valence-corrected chi connectivity index (χ4v) is 4.34. The molecule has 0 bridgehead atoms. The molecule has 0 saturated heterocycles. The van der Waals surface area contributed by atoms with Crippen molar-refractivity contribution in [3.05, 3.63) is 80.7 Å². The van der Waals surface area contributed by atoms with Crippen LogP contribution in [0.15, 0.2) is 69.6 Å². The smallest absolute Gasteiger partial charge is 0.0260 e. The molecule has 2 heteroatoms. The lowest BCUT2D eigenvalue weighted by molar-refractivity contribution is 1.49. The second kappa shape index (κ2) is 6.02. The Morgan fingerprint density at radius 2 is 0.917 bits per heavy atom. The van der Waals surface area contributed by atoms with Crippen molar-refractivity contribution in [1.82, 2.24) is 0 Å². The average Bonchev–Trinajstić information content (AvgIpc) is 2.53. The highest BCUT2D eigenvalue weighted by Gasteiger charge is 2.11. The van der Waals surface area contributed by atoms with Crippen molar-refractivity contribution in [3.63, 3.8) is 0 Å². The van der Waals surface area contributed by atoms with Gasteiger partial charge in [-0.05, 0) is 70.8 Å². The maximum atomic E-state index is 3.77. The summed E-state index contributed by atoms with van der Waals surface area (Å²) < 4.78 is 2.24. The second-order valence-corrected chi connectivity index (χ2v) is 8.07. The molecule has 0 radical (unpaired) electrons. The normalized spacial score (nSPS) is 11.3. The Labute approximate surface area is 158 Å². The van der Waals surface area contributed by atoms with E-state index >= 15 is 0 Å². The minimum absolute atomic E-state index is 1.12. The number of rotatable bonds is 1. The van der Waals surface area contributed by atoms with Crippen molar-refractivity contribution in [2.75, 3.05) is 0 Å². The van der Waals surface area contributed by atoms with Crippen molar-refractivity contribution in [2.45, 2.75) is 13.8 Å². The molecule has 0 aromatic heterocycles. The van der Waals surface area contributed by atoms with Gasteiger partial charge in [0.05, 0.1) is 0 Å². The number of fused-ring (bicyclic) bond motifs is 2. The summed E-state index contributed by atoms with van der Waals surface area (Å²) in [5.41, 5.74) is 4.98. The molecule has 118 valence electrons. The molecule has 0 aliphatic heterocycles. The molecule has 4 aromatic carbocycles. The van der Waals surface area contributed by atoms with E-state index in [1.165, 1.54) is 43.8 Å². The van der Waals surface area contributed by atoms with E-state index in [1.807, 2.05) is 0 Å². The predicted molar refractivity (Wildman–Crippen MR) is 112 cm³/mol. The molecule has 0 aliphatic rings. The summed E-state index contributed by atoms with van der Waals surface area (Å²) in [7, 11) is 0. The number of aryl methyl sites for hydroxylation is 2. The molecule has 0 nitrogen and oxygen atoms in total. The first-order chi connectivity index (χ1) is 11.5. The molecule has 0 amide bonds. The van der Waals surface area contributed by atoms with Crippen LogP contribution in [0.25, 0.3) is 32.7 Å². The van der Waals surface area contributed by atoms with Gasteiger partial charge in [0.1, 0.15) is 0 Å². The zero-order valence-corrected chi connectivity index (χ0v) is 16.7. The molecule has 0 spiro atoms. The van der Waals surface area contributed by atoms with Gasteiger partial charge in [-0.25, -0.2) is 0 Å². The van der Waals surface area contributed by atoms with E-state index in [4.69, 9.17) is 0 Å². The standard InChI is InChI=1S/C22H16Br2/c1-13-3-5-15-9-19(21(23)11-17(15)7-13)20-10-16-6-4-14(2)8-18(16)12-22(20)24/h3-12H,1-2H3.